The molecule has 1 N–H and O–H groups in total. The maximum absolute atomic E-state index is 13.6. The molecule has 0 amide bonds. The van der Waals surface area contributed by atoms with E-state index in [1.807, 2.05) is 31.1 Å². The van der Waals surface area contributed by atoms with Gasteiger partial charge in [-0.3, -0.25) is 4.21 Å². The third kappa shape index (κ3) is 4.83. The van der Waals surface area contributed by atoms with Crippen LogP contribution in [-0.2, 0) is 10.8 Å². The monoisotopic (exact) mass is 428 g/mol. The molecule has 0 bridgehead atoms. The lowest BCUT2D eigenvalue weighted by Gasteiger charge is -2.37. The Balaban J connectivity index is 2.17. The molecule has 0 aromatic heterocycles. The first-order chi connectivity index (χ1) is 14.4. The van der Waals surface area contributed by atoms with Gasteiger partial charge in [0, 0.05) is 43.6 Å². The van der Waals surface area contributed by atoms with Crippen molar-refractivity contribution in [3.63, 3.8) is 0 Å². The van der Waals surface area contributed by atoms with E-state index in [0.717, 1.165) is 67.0 Å². The van der Waals surface area contributed by atoms with Crippen molar-refractivity contribution in [1.29, 1.82) is 0 Å². The van der Waals surface area contributed by atoms with Crippen LogP contribution in [0.2, 0.25) is 0 Å². The van der Waals surface area contributed by atoms with Crippen molar-refractivity contribution < 1.29 is 9.32 Å². The molecule has 0 saturated carbocycles. The number of phenols is 1. The summed E-state index contributed by atoms with van der Waals surface area (Å²) in [5.74, 6) is 0.846. The number of unbranched alkanes of at least 4 members (excludes halogenated alkanes) is 2. The predicted molar refractivity (Wildman–Crippen MR) is 129 cm³/mol. The van der Waals surface area contributed by atoms with E-state index in [9.17, 15) is 9.32 Å². The number of rotatable bonds is 8. The van der Waals surface area contributed by atoms with Crippen molar-refractivity contribution in [2.45, 2.75) is 57.3 Å². The van der Waals surface area contributed by atoms with Crippen LogP contribution >= 0.6 is 0 Å². The summed E-state index contributed by atoms with van der Waals surface area (Å²) < 4.78 is 13.6. The third-order valence-corrected chi connectivity index (χ3v) is 7.89. The summed E-state index contributed by atoms with van der Waals surface area (Å²) in [5, 5.41) is 10.6. The summed E-state index contributed by atoms with van der Waals surface area (Å²) in [6.45, 7) is 5.31. The van der Waals surface area contributed by atoms with Gasteiger partial charge in [-0.1, -0.05) is 57.7 Å². The molecule has 2 aromatic carbocycles. The van der Waals surface area contributed by atoms with Gasteiger partial charge in [-0.05, 0) is 31.0 Å². The molecule has 0 saturated heterocycles. The Morgan fingerprint density at radius 3 is 2.27 bits per heavy atom. The zero-order chi connectivity index (χ0) is 21.7. The van der Waals surface area contributed by atoms with Crippen molar-refractivity contribution in [1.82, 2.24) is 0 Å². The van der Waals surface area contributed by atoms with Gasteiger partial charge in [-0.2, -0.15) is 0 Å². The number of hydrogen-bond donors (Lipinski definition) is 1. The highest BCUT2D eigenvalue weighted by molar-refractivity contribution is 7.85. The van der Waals surface area contributed by atoms with E-state index in [1.54, 1.807) is 6.07 Å². The highest BCUT2D eigenvalue weighted by Crippen LogP contribution is 2.46. The molecule has 0 fully saturated rings. The summed E-state index contributed by atoms with van der Waals surface area (Å²) in [4.78, 5) is 5.00. The molecule has 3 rings (SSSR count). The highest BCUT2D eigenvalue weighted by atomic mass is 32.2. The fourth-order valence-corrected chi connectivity index (χ4v) is 6.23. The number of fused-ring (bicyclic) bond motifs is 1. The second-order valence-corrected chi connectivity index (χ2v) is 10.2. The van der Waals surface area contributed by atoms with Crippen molar-refractivity contribution in [3.8, 4) is 5.75 Å². The van der Waals surface area contributed by atoms with Gasteiger partial charge in [0.05, 0.1) is 27.1 Å². The third-order valence-electron chi connectivity index (χ3n) is 6.19. The molecule has 5 heteroatoms. The molecule has 0 radical (unpaired) electrons. The minimum Gasteiger partial charge on any atom is -0.506 e. The largest absolute Gasteiger partial charge is 0.506 e. The second-order valence-electron chi connectivity index (χ2n) is 8.82. The summed E-state index contributed by atoms with van der Waals surface area (Å²) in [5.41, 5.74) is 2.82. The Labute approximate surface area is 184 Å². The Kier molecular flexibility index (Phi) is 7.45. The van der Waals surface area contributed by atoms with Gasteiger partial charge in [0.15, 0.2) is 0 Å². The van der Waals surface area contributed by atoms with Crippen LogP contribution in [0.25, 0.3) is 0 Å². The van der Waals surface area contributed by atoms with E-state index in [4.69, 9.17) is 0 Å². The van der Waals surface area contributed by atoms with Gasteiger partial charge >= 0.3 is 0 Å². The van der Waals surface area contributed by atoms with Gasteiger partial charge in [-0.15, -0.1) is 0 Å². The summed E-state index contributed by atoms with van der Waals surface area (Å²) in [7, 11) is 2.70. The standard InChI is InChI=1S/C25H36N2O2S/c1-5-7-14-25(15-8-6-2)18-27(20-12-10-9-11-13-20)22-16-21(26(3)4)23(28)17-24(22)30(29)19-25/h9-13,16-17,28H,5-8,14-15,18-19H2,1-4H3. The molecule has 1 aliphatic rings. The molecule has 1 heterocycles. The molecule has 30 heavy (non-hydrogen) atoms. The lowest BCUT2D eigenvalue weighted by Crippen LogP contribution is -2.37. The van der Waals surface area contributed by atoms with E-state index >= 15 is 0 Å². The van der Waals surface area contributed by atoms with Crippen LogP contribution in [0.3, 0.4) is 0 Å². The average Bonchev–Trinajstić information content (AvgIpc) is 2.85. The van der Waals surface area contributed by atoms with Crippen molar-refractivity contribution in [3.05, 3.63) is 42.5 Å². The maximum Gasteiger partial charge on any atom is 0.140 e. The van der Waals surface area contributed by atoms with Crippen LogP contribution in [0.4, 0.5) is 17.1 Å². The Morgan fingerprint density at radius 2 is 1.70 bits per heavy atom. The Bertz CT molecular complexity index is 859. The second kappa shape index (κ2) is 9.86. The molecule has 1 atom stereocenters. The molecule has 1 aliphatic heterocycles. The Morgan fingerprint density at radius 1 is 1.07 bits per heavy atom. The van der Waals surface area contributed by atoms with Gasteiger partial charge in [0.25, 0.3) is 0 Å². The molecule has 164 valence electrons. The normalized spacial score (nSPS) is 18.0. The highest BCUT2D eigenvalue weighted by Gasteiger charge is 2.39. The zero-order valence-electron chi connectivity index (χ0n) is 18.9. The first kappa shape index (κ1) is 22.7. The molecule has 4 nitrogen and oxygen atoms in total. The maximum atomic E-state index is 13.6. The average molecular weight is 429 g/mol. The minimum absolute atomic E-state index is 0.000356. The van der Waals surface area contributed by atoms with Gasteiger partial charge in [-0.25, -0.2) is 0 Å². The number of aromatic hydroxyl groups is 1. The summed E-state index contributed by atoms with van der Waals surface area (Å²) >= 11 is 0. The first-order valence-electron chi connectivity index (χ1n) is 11.2. The smallest absolute Gasteiger partial charge is 0.140 e. The van der Waals surface area contributed by atoms with Crippen LogP contribution in [0.5, 0.6) is 5.75 Å². The molecule has 2 aromatic rings. The quantitative estimate of drug-likeness (QED) is 0.553. The topological polar surface area (TPSA) is 43.8 Å². The lowest BCUT2D eigenvalue weighted by molar-refractivity contribution is 0.272. The fourth-order valence-electron chi connectivity index (χ4n) is 4.49. The van der Waals surface area contributed by atoms with E-state index in [2.05, 4.69) is 43.0 Å². The molecule has 1 unspecified atom stereocenters. The number of anilines is 3. The van der Waals surface area contributed by atoms with E-state index in [-0.39, 0.29) is 11.2 Å². The number of benzene rings is 2. The summed E-state index contributed by atoms with van der Waals surface area (Å²) in [6, 6.07) is 14.1. The fraction of sp³-hybridized carbons (Fsp3) is 0.520. The van der Waals surface area contributed by atoms with E-state index in [0.29, 0.717) is 5.75 Å². The van der Waals surface area contributed by atoms with Crippen molar-refractivity contribution in [2.24, 2.45) is 5.41 Å². The predicted octanol–water partition coefficient (Wildman–Crippen LogP) is 6.08. The van der Waals surface area contributed by atoms with Crippen molar-refractivity contribution >= 4 is 27.9 Å². The van der Waals surface area contributed by atoms with Crippen LogP contribution in [0.1, 0.15) is 52.4 Å². The van der Waals surface area contributed by atoms with Crippen LogP contribution in [-0.4, -0.2) is 35.7 Å². The number of phenolic OH excluding ortho intramolecular Hbond substituents is 1. The van der Waals surface area contributed by atoms with E-state index < -0.39 is 10.8 Å². The molecular formula is C25H36N2O2S. The van der Waals surface area contributed by atoms with E-state index in [1.165, 1.54) is 0 Å². The van der Waals surface area contributed by atoms with Crippen LogP contribution < -0.4 is 9.80 Å². The SMILES string of the molecule is CCCCC1(CCCC)CN(c2ccccc2)c2cc(N(C)C)c(O)cc2S(=O)C1. The summed E-state index contributed by atoms with van der Waals surface area (Å²) in [6.07, 6.45) is 6.75. The van der Waals surface area contributed by atoms with Gasteiger partial charge < -0.3 is 14.9 Å². The first-order valence-corrected chi connectivity index (χ1v) is 12.5. The Hall–Kier alpha value is -2.01. The minimum atomic E-state index is -1.16. The zero-order valence-corrected chi connectivity index (χ0v) is 19.7. The van der Waals surface area contributed by atoms with Crippen LogP contribution in [0, 0.1) is 5.41 Å². The van der Waals surface area contributed by atoms with Gasteiger partial charge in [0.1, 0.15) is 5.75 Å². The van der Waals surface area contributed by atoms with Crippen LogP contribution in [0.15, 0.2) is 47.4 Å². The van der Waals surface area contributed by atoms with Gasteiger partial charge in [0.2, 0.25) is 0 Å². The number of nitrogens with zero attached hydrogens (tertiary/aromatic N) is 2. The number of para-hydroxylation sites is 1. The number of hydrogen-bond acceptors (Lipinski definition) is 4. The molecule has 0 spiro atoms. The molecular weight excluding hydrogens is 392 g/mol. The lowest BCUT2D eigenvalue weighted by atomic mass is 9.79. The molecule has 0 aliphatic carbocycles. The van der Waals surface area contributed by atoms with Crippen molar-refractivity contribution in [2.75, 3.05) is 36.2 Å².